The largest absolute Gasteiger partial charge is 0.454 e. The Morgan fingerprint density at radius 2 is 1.55 bits per heavy atom. The molecule has 3 heterocycles. The molecular weight excluding hydrogens is 1150 g/mol. The summed E-state index contributed by atoms with van der Waals surface area (Å²) in [6.07, 6.45) is 21.2. The van der Waals surface area contributed by atoms with Crippen LogP contribution in [-0.4, -0.2) is 92.6 Å². The highest BCUT2D eigenvalue weighted by molar-refractivity contribution is 5.87. The van der Waals surface area contributed by atoms with Gasteiger partial charge in [-0.25, -0.2) is 4.79 Å². The summed E-state index contributed by atoms with van der Waals surface area (Å²) >= 11 is 0. The summed E-state index contributed by atoms with van der Waals surface area (Å²) in [6, 6.07) is 26.6. The van der Waals surface area contributed by atoms with Crippen molar-refractivity contribution >= 4 is 12.3 Å². The summed E-state index contributed by atoms with van der Waals surface area (Å²) in [4.78, 5) is 31.3. The summed E-state index contributed by atoms with van der Waals surface area (Å²) in [5.41, 5.74) is -3.55. The number of hydrogen-bond donors (Lipinski definition) is 6. The van der Waals surface area contributed by atoms with Gasteiger partial charge >= 0.3 is 5.97 Å². The van der Waals surface area contributed by atoms with E-state index in [0.29, 0.717) is 62.2 Å². The average molecular weight is 1250 g/mol. The first kappa shape index (κ1) is 59.6. The number of benzene rings is 3. The molecule has 11 saturated carbocycles. The van der Waals surface area contributed by atoms with Crippen molar-refractivity contribution in [2.24, 2.45) is 115 Å². The second-order valence-electron chi connectivity index (χ2n) is 35.1. The lowest BCUT2D eigenvalue weighted by molar-refractivity contribution is -0.393. The second kappa shape index (κ2) is 20.5. The van der Waals surface area contributed by atoms with Gasteiger partial charge in [0.1, 0.15) is 18.0 Å². The molecule has 4 spiro atoms. The van der Waals surface area contributed by atoms with E-state index >= 15 is 20.1 Å². The Morgan fingerprint density at radius 1 is 0.753 bits per heavy atom. The number of aldehydes is 1. The normalized spacial score (nSPS) is 50.7. The Labute approximate surface area is 551 Å². The third-order valence-electron chi connectivity index (χ3n) is 33.0. The summed E-state index contributed by atoms with van der Waals surface area (Å²) in [7, 11) is 1.96. The lowest BCUT2D eigenvalue weighted by atomic mass is 9.28. The van der Waals surface area contributed by atoms with Crippen LogP contribution in [0.2, 0.25) is 0 Å². The van der Waals surface area contributed by atoms with Crippen LogP contribution in [0.4, 0.5) is 0 Å². The van der Waals surface area contributed by atoms with Gasteiger partial charge in [0.2, 0.25) is 0 Å². The minimum Gasteiger partial charge on any atom is -0.454 e. The van der Waals surface area contributed by atoms with Crippen LogP contribution in [0.1, 0.15) is 187 Å². The lowest BCUT2D eigenvalue weighted by Gasteiger charge is -2.78. The summed E-state index contributed by atoms with van der Waals surface area (Å²) in [6.45, 7) is 2.00. The zero-order valence-corrected chi connectivity index (χ0v) is 55.0. The van der Waals surface area contributed by atoms with Gasteiger partial charge in [-0.2, -0.15) is 0 Å². The molecule has 10 nitrogen and oxygen atoms in total. The lowest BCUT2D eigenvalue weighted by Crippen LogP contribution is -2.86. The second-order valence-corrected chi connectivity index (χ2v) is 35.1. The van der Waals surface area contributed by atoms with Crippen molar-refractivity contribution < 1.29 is 44.6 Å². The average Bonchev–Trinajstić information content (AvgIpc) is 1.57. The maximum atomic E-state index is 16.7. The molecule has 27 atom stereocenters. The summed E-state index contributed by atoms with van der Waals surface area (Å²) < 4.78 is 15.1. The zero-order valence-electron chi connectivity index (χ0n) is 55.0. The fraction of sp³-hybridized carbons (Fsp3) is 0.687. The van der Waals surface area contributed by atoms with Crippen LogP contribution >= 0.6 is 0 Å². The van der Waals surface area contributed by atoms with Gasteiger partial charge in [-0.1, -0.05) is 104 Å². The number of fused-ring (bicyclic) bond motifs is 10. The first-order chi connectivity index (χ1) is 45.1. The number of ether oxygens (including phenoxy) is 2. The molecule has 3 aliphatic heterocycles. The summed E-state index contributed by atoms with van der Waals surface area (Å²) in [5, 5.41) is 76.2. The number of esters is 1. The Kier molecular flexibility index (Phi) is 13.1. The van der Waals surface area contributed by atoms with E-state index in [0.717, 1.165) is 106 Å². The Hall–Kier alpha value is -4.62. The van der Waals surface area contributed by atoms with E-state index in [9.17, 15) is 15.0 Å². The maximum Gasteiger partial charge on any atom is 0.331 e. The molecule has 490 valence electrons. The van der Waals surface area contributed by atoms with E-state index < -0.39 is 85.5 Å². The van der Waals surface area contributed by atoms with Crippen molar-refractivity contribution in [1.29, 1.82) is 0 Å². The highest BCUT2D eigenvalue weighted by Crippen LogP contribution is 2.88. The van der Waals surface area contributed by atoms with E-state index in [-0.39, 0.29) is 91.6 Å². The number of carbonyl (C=O) groups is 2. The van der Waals surface area contributed by atoms with Gasteiger partial charge in [0, 0.05) is 69.4 Å². The van der Waals surface area contributed by atoms with Gasteiger partial charge in [-0.15, -0.1) is 5.92 Å². The number of aliphatic hydroxyl groups excluding tert-OH is 2. The maximum absolute atomic E-state index is 16.7. The molecule has 19 bridgehead atoms. The highest BCUT2D eigenvalue weighted by atomic mass is 16.5. The third-order valence-corrected chi connectivity index (χ3v) is 33.0. The van der Waals surface area contributed by atoms with E-state index in [2.05, 4.69) is 96.6 Å². The highest BCUT2D eigenvalue weighted by Gasteiger charge is 2.91. The van der Waals surface area contributed by atoms with Gasteiger partial charge in [0.05, 0.1) is 42.0 Å². The number of hydrogen-bond acceptors (Lipinski definition) is 10. The number of carbonyl (C=O) groups excluding carboxylic acids is 2. The topological polar surface area (TPSA) is 166 Å². The third kappa shape index (κ3) is 7.35. The monoisotopic (exact) mass is 1250 g/mol. The van der Waals surface area contributed by atoms with Gasteiger partial charge < -0.3 is 45.1 Å². The Balaban J connectivity index is 0.887. The molecule has 1 saturated heterocycles. The predicted molar refractivity (Wildman–Crippen MR) is 352 cm³/mol. The predicted octanol–water partition coefficient (Wildman–Crippen LogP) is 11.6. The van der Waals surface area contributed by atoms with Crippen molar-refractivity contribution in [1.82, 2.24) is 5.32 Å². The molecule has 10 heteroatoms. The molecule has 0 radical (unpaired) electrons. The molecular formula is C83H99NO9. The van der Waals surface area contributed by atoms with Crippen LogP contribution in [0.5, 0.6) is 0 Å². The molecule has 17 aliphatic rings. The fourth-order valence-electron chi connectivity index (χ4n) is 30.0. The van der Waals surface area contributed by atoms with Crippen LogP contribution < -0.4 is 5.32 Å². The van der Waals surface area contributed by atoms with Crippen molar-refractivity contribution in [2.75, 3.05) is 13.7 Å². The molecule has 27 unspecified atom stereocenters. The smallest absolute Gasteiger partial charge is 0.331 e. The molecule has 93 heavy (non-hydrogen) atoms. The Bertz CT molecular complexity index is 3760. The molecule has 12 fully saturated rings. The minimum atomic E-state index is -2.00. The van der Waals surface area contributed by atoms with Crippen LogP contribution in [0, 0.1) is 139 Å². The van der Waals surface area contributed by atoms with Crippen molar-refractivity contribution in [3.05, 3.63) is 118 Å². The SMILES string of the molecule is CNC1Cc2c(cccc2CO)C#CC2(CCCC2)CC23CC4C#CCC5C(c6ccccc6)CCC67CCC8C9Cc%10cccc(c%10)CC%10CCC(C%10)C(C)C%10CCC%11C(O9)C6(CC6(C=O)C4C(O)(CC(C%10)C%116O)C2(O)CC2CC1C1OC(=O)C=C1C23CO)C8CC57. The Morgan fingerprint density at radius 3 is 2.35 bits per heavy atom. The van der Waals surface area contributed by atoms with Crippen molar-refractivity contribution in [3.63, 3.8) is 0 Å². The first-order valence-corrected chi connectivity index (χ1v) is 37.5. The quantitative estimate of drug-likeness (QED) is 0.0823. The molecule has 20 rings (SSSR count). The van der Waals surface area contributed by atoms with Gasteiger partial charge in [0.25, 0.3) is 0 Å². The van der Waals surface area contributed by atoms with Gasteiger partial charge in [0.15, 0.2) is 0 Å². The van der Waals surface area contributed by atoms with Crippen LogP contribution in [0.15, 0.2) is 84.4 Å². The van der Waals surface area contributed by atoms with Crippen LogP contribution in [0.25, 0.3) is 0 Å². The van der Waals surface area contributed by atoms with Crippen molar-refractivity contribution in [2.45, 2.75) is 221 Å². The zero-order chi connectivity index (χ0) is 63.0. The molecule has 14 aliphatic carbocycles. The van der Waals surface area contributed by atoms with E-state index in [1.165, 1.54) is 42.2 Å². The van der Waals surface area contributed by atoms with Crippen molar-refractivity contribution in [3.8, 4) is 23.7 Å². The first-order valence-electron chi connectivity index (χ1n) is 37.5. The molecule has 3 aromatic carbocycles. The number of aliphatic hydroxyl groups is 5. The number of likely N-dealkylation sites (N-methyl/N-ethyl adjacent to an activating group) is 1. The fourth-order valence-corrected chi connectivity index (χ4v) is 30.0. The number of nitrogens with one attached hydrogen (secondary N) is 1. The van der Waals surface area contributed by atoms with Gasteiger partial charge in [-0.3, -0.25) is 0 Å². The van der Waals surface area contributed by atoms with Crippen LogP contribution in [-0.2, 0) is 44.9 Å². The summed E-state index contributed by atoms with van der Waals surface area (Å²) in [5.74, 6) is 15.2. The van der Waals surface area contributed by atoms with Gasteiger partial charge in [-0.05, 0) is 258 Å². The molecule has 3 aromatic rings. The molecule has 6 N–H and O–H groups in total. The standard InChI is InChI=1S/C83H99NO9/c1-48-54-20-19-51(33-54)32-49-11-8-12-50(31-49)34-70-62-25-30-76-29-24-60(52-13-4-3-5-14-52)61-18-10-16-56-40-78-44-75(26-6-7-27-75)28-23-53-15-9-17-57(43-85)63(53)37-69(84-2)64-36-58(80(78,47-87)68-39-71(88)93-72(64)68)42-82(78,90)81(89)41-59-35-55(48)21-22-65-74(92-70)79(76,67(62)38-66(61)76)45-77(46-86,73(56)81)83(59,65)91/h3-5,8-9,11-15,17,31,39,46,48,51,54-56,58-62,64-67,69-70,72-74,84-85,87,89-91H,6-7,18-22,24-27,29-30,32-38,40-45,47H2,1-2H3. The molecule has 0 aromatic heterocycles. The van der Waals surface area contributed by atoms with E-state index in [1.807, 2.05) is 19.2 Å². The minimum absolute atomic E-state index is 0.0438. The van der Waals surface area contributed by atoms with E-state index in [4.69, 9.17) is 9.47 Å². The number of rotatable bonds is 5. The van der Waals surface area contributed by atoms with E-state index in [1.54, 1.807) is 6.08 Å². The van der Waals surface area contributed by atoms with Crippen LogP contribution in [0.3, 0.4) is 0 Å². The molecule has 0 amide bonds.